The molecule has 1 heterocycles. The molecule has 0 aromatic heterocycles. The van der Waals surface area contributed by atoms with E-state index in [-0.39, 0.29) is 23.7 Å². The van der Waals surface area contributed by atoms with Gasteiger partial charge in [-0.15, -0.1) is 0 Å². The molecule has 2 aromatic rings. The largest absolute Gasteiger partial charge is 0.456 e. The fourth-order valence-electron chi connectivity index (χ4n) is 2.50. The second-order valence-corrected chi connectivity index (χ2v) is 6.21. The van der Waals surface area contributed by atoms with Gasteiger partial charge in [-0.2, -0.15) is 0 Å². The van der Waals surface area contributed by atoms with Gasteiger partial charge in [0.2, 0.25) is 0 Å². The van der Waals surface area contributed by atoms with Crippen molar-refractivity contribution in [3.8, 4) is 11.8 Å². The Balaban J connectivity index is 2.14. The fourth-order valence-corrected chi connectivity index (χ4v) is 2.91. The first-order valence-corrected chi connectivity index (χ1v) is 8.81. The number of nitrogens with zero attached hydrogens (tertiary/aromatic N) is 2. The molecule has 0 amide bonds. The highest BCUT2D eigenvalue weighted by atomic mass is 35.5. The minimum Gasteiger partial charge on any atom is -0.456 e. The molecule has 0 spiro atoms. The summed E-state index contributed by atoms with van der Waals surface area (Å²) in [5.74, 6) is 3.92. The minimum absolute atomic E-state index is 0.0543. The number of benzene rings is 2. The molecule has 0 saturated heterocycles. The molecule has 0 aliphatic carbocycles. The SMILES string of the molecule is CCOC(=O)C#CC1=Nc2ccc(Cl)c(Cl)c2C(c2ccccc2F)=NC1. The molecule has 3 rings (SSSR count). The molecule has 1 aliphatic heterocycles. The summed E-state index contributed by atoms with van der Waals surface area (Å²) in [7, 11) is 0. The highest BCUT2D eigenvalue weighted by molar-refractivity contribution is 6.45. The van der Waals surface area contributed by atoms with Crippen LogP contribution in [0.15, 0.2) is 46.4 Å². The van der Waals surface area contributed by atoms with Crippen molar-refractivity contribution in [2.45, 2.75) is 6.92 Å². The van der Waals surface area contributed by atoms with Crippen LogP contribution in [-0.2, 0) is 9.53 Å². The molecular formula is C20H13Cl2FN2O2. The van der Waals surface area contributed by atoms with E-state index in [9.17, 15) is 9.18 Å². The van der Waals surface area contributed by atoms with Gasteiger partial charge in [0.05, 0.1) is 34.6 Å². The van der Waals surface area contributed by atoms with Crippen LogP contribution in [-0.4, -0.2) is 30.5 Å². The van der Waals surface area contributed by atoms with Crippen molar-refractivity contribution < 1.29 is 13.9 Å². The van der Waals surface area contributed by atoms with Crippen molar-refractivity contribution in [3.05, 3.63) is 63.4 Å². The molecule has 2 aromatic carbocycles. The van der Waals surface area contributed by atoms with E-state index in [2.05, 4.69) is 21.8 Å². The van der Waals surface area contributed by atoms with Crippen molar-refractivity contribution in [1.82, 2.24) is 0 Å². The first kappa shape index (κ1) is 19.1. The zero-order chi connectivity index (χ0) is 19.4. The van der Waals surface area contributed by atoms with E-state index in [1.165, 1.54) is 6.07 Å². The zero-order valence-corrected chi connectivity index (χ0v) is 15.7. The van der Waals surface area contributed by atoms with Crippen LogP contribution in [0.3, 0.4) is 0 Å². The lowest BCUT2D eigenvalue weighted by Gasteiger charge is -2.12. The highest BCUT2D eigenvalue weighted by Gasteiger charge is 2.22. The van der Waals surface area contributed by atoms with Crippen LogP contribution in [0.5, 0.6) is 0 Å². The Kier molecular flexibility index (Phi) is 5.90. The molecule has 7 heteroatoms. The average Bonchev–Trinajstić information content (AvgIpc) is 2.84. The van der Waals surface area contributed by atoms with Gasteiger partial charge in [-0.3, -0.25) is 4.99 Å². The summed E-state index contributed by atoms with van der Waals surface area (Å²) in [4.78, 5) is 20.4. The van der Waals surface area contributed by atoms with Gasteiger partial charge in [0.25, 0.3) is 0 Å². The molecule has 0 saturated carbocycles. The standard InChI is InChI=1S/C20H13Cl2FN2O2/c1-2-27-17(26)10-7-12-11-24-20(13-5-3-4-6-15(13)23)18-16(25-12)9-8-14(21)19(18)22/h3-6,8-9H,2,11H2,1H3. The summed E-state index contributed by atoms with van der Waals surface area (Å²) in [5, 5.41) is 0.523. The molecular weight excluding hydrogens is 390 g/mol. The summed E-state index contributed by atoms with van der Waals surface area (Å²) in [6, 6.07) is 9.47. The van der Waals surface area contributed by atoms with Crippen LogP contribution in [0.2, 0.25) is 10.0 Å². The third kappa shape index (κ3) is 4.19. The van der Waals surface area contributed by atoms with Crippen LogP contribution in [0.25, 0.3) is 0 Å². The van der Waals surface area contributed by atoms with E-state index in [0.29, 0.717) is 27.7 Å². The monoisotopic (exact) mass is 402 g/mol. The predicted molar refractivity (Wildman–Crippen MR) is 105 cm³/mol. The second-order valence-electron chi connectivity index (χ2n) is 5.43. The second kappa shape index (κ2) is 8.34. The quantitative estimate of drug-likeness (QED) is 0.417. The van der Waals surface area contributed by atoms with Gasteiger partial charge in [-0.05, 0) is 37.1 Å². The number of carbonyl (C=O) groups is 1. The third-order valence-electron chi connectivity index (χ3n) is 3.67. The number of rotatable bonds is 2. The molecule has 0 radical (unpaired) electrons. The average molecular weight is 403 g/mol. The predicted octanol–water partition coefficient (Wildman–Crippen LogP) is 4.62. The maximum atomic E-state index is 14.4. The van der Waals surface area contributed by atoms with Gasteiger partial charge in [0.1, 0.15) is 11.5 Å². The lowest BCUT2D eigenvalue weighted by molar-refractivity contribution is -0.136. The minimum atomic E-state index is -0.655. The molecule has 0 atom stereocenters. The number of aliphatic imine (C=N–C) groups is 2. The van der Waals surface area contributed by atoms with Crippen molar-refractivity contribution in [1.29, 1.82) is 0 Å². The number of hydrogen-bond acceptors (Lipinski definition) is 4. The molecule has 0 fully saturated rings. The molecule has 0 N–H and O–H groups in total. The summed E-state index contributed by atoms with van der Waals surface area (Å²) < 4.78 is 19.2. The Morgan fingerprint density at radius 2 is 2.04 bits per heavy atom. The van der Waals surface area contributed by atoms with Crippen molar-refractivity contribution >= 4 is 46.3 Å². The number of carbonyl (C=O) groups excluding carboxylic acids is 1. The molecule has 136 valence electrons. The maximum Gasteiger partial charge on any atom is 0.384 e. The Morgan fingerprint density at radius 3 is 2.78 bits per heavy atom. The smallest absolute Gasteiger partial charge is 0.384 e. The van der Waals surface area contributed by atoms with Gasteiger partial charge < -0.3 is 4.74 Å². The van der Waals surface area contributed by atoms with Crippen molar-refractivity contribution in [2.75, 3.05) is 13.2 Å². The Hall–Kier alpha value is -2.68. The molecule has 27 heavy (non-hydrogen) atoms. The normalized spacial score (nSPS) is 12.7. The first-order valence-electron chi connectivity index (χ1n) is 8.05. The number of hydrogen-bond donors (Lipinski definition) is 0. The topological polar surface area (TPSA) is 51.0 Å². The number of ether oxygens (including phenoxy) is 1. The Morgan fingerprint density at radius 1 is 1.26 bits per heavy atom. The Labute approximate surface area is 165 Å². The zero-order valence-electron chi connectivity index (χ0n) is 14.2. The number of halogens is 3. The molecule has 0 bridgehead atoms. The van der Waals surface area contributed by atoms with E-state index < -0.39 is 11.8 Å². The molecule has 0 unspecified atom stereocenters. The van der Waals surface area contributed by atoms with Gasteiger partial charge in [0.15, 0.2) is 0 Å². The highest BCUT2D eigenvalue weighted by Crippen LogP contribution is 2.36. The summed E-state index contributed by atoms with van der Waals surface area (Å²) in [6.45, 7) is 1.97. The van der Waals surface area contributed by atoms with Gasteiger partial charge in [-0.1, -0.05) is 35.3 Å². The summed E-state index contributed by atoms with van der Waals surface area (Å²) >= 11 is 12.5. The molecule has 4 nitrogen and oxygen atoms in total. The summed E-state index contributed by atoms with van der Waals surface area (Å²) in [5.41, 5.74) is 1.79. The maximum absolute atomic E-state index is 14.4. The first-order chi connectivity index (χ1) is 13.0. The van der Waals surface area contributed by atoms with E-state index in [4.69, 9.17) is 27.9 Å². The van der Waals surface area contributed by atoms with E-state index in [1.807, 2.05) is 0 Å². The van der Waals surface area contributed by atoms with Crippen LogP contribution >= 0.6 is 23.2 Å². The van der Waals surface area contributed by atoms with E-state index in [0.717, 1.165) is 0 Å². The van der Waals surface area contributed by atoms with Crippen molar-refractivity contribution in [3.63, 3.8) is 0 Å². The van der Waals surface area contributed by atoms with E-state index in [1.54, 1.807) is 37.3 Å². The van der Waals surface area contributed by atoms with E-state index >= 15 is 0 Å². The van der Waals surface area contributed by atoms with Crippen LogP contribution in [0.4, 0.5) is 10.1 Å². The fraction of sp³-hybridized carbons (Fsp3) is 0.150. The number of fused-ring (bicyclic) bond motifs is 1. The number of esters is 1. The lowest BCUT2D eigenvalue weighted by atomic mass is 10.00. The van der Waals surface area contributed by atoms with Crippen LogP contribution in [0.1, 0.15) is 18.1 Å². The third-order valence-corrected chi connectivity index (χ3v) is 4.47. The van der Waals surface area contributed by atoms with Crippen LogP contribution < -0.4 is 0 Å². The summed E-state index contributed by atoms with van der Waals surface area (Å²) in [6.07, 6.45) is 0. The Bertz CT molecular complexity index is 1040. The van der Waals surface area contributed by atoms with Crippen LogP contribution in [0, 0.1) is 17.7 Å². The lowest BCUT2D eigenvalue weighted by Crippen LogP contribution is -2.08. The van der Waals surface area contributed by atoms with Gasteiger partial charge in [0, 0.05) is 17.0 Å². The molecule has 1 aliphatic rings. The van der Waals surface area contributed by atoms with Gasteiger partial charge in [-0.25, -0.2) is 14.2 Å². The van der Waals surface area contributed by atoms with Crippen molar-refractivity contribution in [2.24, 2.45) is 9.98 Å². The van der Waals surface area contributed by atoms with Gasteiger partial charge >= 0.3 is 5.97 Å².